The summed E-state index contributed by atoms with van der Waals surface area (Å²) in [4.78, 5) is 14.2. The Morgan fingerprint density at radius 1 is 1.12 bits per heavy atom. The summed E-state index contributed by atoms with van der Waals surface area (Å²) >= 11 is 0. The monoisotopic (exact) mass is 252 g/mol. The molecule has 4 heteroatoms. The number of nitrogens with one attached hydrogen (secondary N) is 1. The van der Waals surface area contributed by atoms with E-state index in [0.717, 1.165) is 31.7 Å². The van der Waals surface area contributed by atoms with Gasteiger partial charge in [-0.25, -0.2) is 0 Å². The van der Waals surface area contributed by atoms with E-state index in [1.807, 2.05) is 35.2 Å². The molecule has 2 saturated heterocycles. The van der Waals surface area contributed by atoms with E-state index in [0.29, 0.717) is 11.8 Å². The van der Waals surface area contributed by atoms with Crippen molar-refractivity contribution in [1.29, 1.82) is 0 Å². The van der Waals surface area contributed by atoms with Crippen molar-refractivity contribution in [1.82, 2.24) is 10.2 Å². The van der Waals surface area contributed by atoms with Crippen LogP contribution in [-0.4, -0.2) is 37.0 Å². The van der Waals surface area contributed by atoms with Crippen LogP contribution in [0.3, 0.4) is 0 Å². The number of likely N-dealkylation sites (tertiary alicyclic amines) is 1. The van der Waals surface area contributed by atoms with E-state index >= 15 is 0 Å². The van der Waals surface area contributed by atoms with Crippen molar-refractivity contribution in [3.05, 3.63) is 35.9 Å². The summed E-state index contributed by atoms with van der Waals surface area (Å²) in [5.74, 6) is 1.54. The van der Waals surface area contributed by atoms with Crippen LogP contribution < -0.4 is 5.32 Å². The molecule has 2 heterocycles. The van der Waals surface area contributed by atoms with Crippen molar-refractivity contribution >= 4 is 18.3 Å². The molecular formula is C13H17ClN2O. The van der Waals surface area contributed by atoms with Gasteiger partial charge in [0.2, 0.25) is 0 Å². The van der Waals surface area contributed by atoms with Crippen molar-refractivity contribution < 1.29 is 4.79 Å². The Morgan fingerprint density at radius 3 is 2.29 bits per heavy atom. The van der Waals surface area contributed by atoms with Gasteiger partial charge in [0.25, 0.3) is 5.91 Å². The average molecular weight is 253 g/mol. The highest BCUT2D eigenvalue weighted by atomic mass is 35.5. The first kappa shape index (κ1) is 12.4. The zero-order valence-electron chi connectivity index (χ0n) is 9.63. The summed E-state index contributed by atoms with van der Waals surface area (Å²) in [6.45, 7) is 3.99. The minimum Gasteiger partial charge on any atom is -0.338 e. The van der Waals surface area contributed by atoms with Crippen LogP contribution in [0, 0.1) is 11.8 Å². The molecule has 2 aliphatic heterocycles. The van der Waals surface area contributed by atoms with E-state index in [9.17, 15) is 4.79 Å². The van der Waals surface area contributed by atoms with Gasteiger partial charge in [-0.15, -0.1) is 12.4 Å². The number of halogens is 1. The second kappa shape index (κ2) is 5.07. The lowest BCUT2D eigenvalue weighted by atomic mass is 10.0. The van der Waals surface area contributed by atoms with Crippen LogP contribution in [-0.2, 0) is 0 Å². The maximum Gasteiger partial charge on any atom is 0.253 e. The number of carbonyl (C=O) groups excluding carboxylic acids is 1. The lowest BCUT2D eigenvalue weighted by Crippen LogP contribution is -2.31. The normalized spacial score (nSPS) is 26.5. The number of hydrogen-bond acceptors (Lipinski definition) is 2. The molecule has 1 aromatic rings. The number of hydrogen-bond donors (Lipinski definition) is 1. The third-order valence-electron chi connectivity index (χ3n) is 3.70. The lowest BCUT2D eigenvalue weighted by molar-refractivity contribution is 0.0781. The Labute approximate surface area is 108 Å². The van der Waals surface area contributed by atoms with E-state index in [1.54, 1.807) is 0 Å². The standard InChI is InChI=1S/C13H16N2O.ClH/c16-13(10-4-2-1-3-5-10)15-8-11-6-14-7-12(11)9-15;/h1-5,11-12,14H,6-9H2;1H. The molecule has 1 amide bonds. The van der Waals surface area contributed by atoms with Gasteiger partial charge in [-0.1, -0.05) is 18.2 Å². The molecule has 0 aromatic heterocycles. The Kier molecular flexibility index (Phi) is 3.69. The highest BCUT2D eigenvalue weighted by molar-refractivity contribution is 5.94. The summed E-state index contributed by atoms with van der Waals surface area (Å²) in [6, 6.07) is 9.58. The van der Waals surface area contributed by atoms with Gasteiger partial charge in [0, 0.05) is 31.7 Å². The summed E-state index contributed by atoms with van der Waals surface area (Å²) in [5.41, 5.74) is 0.815. The molecule has 2 unspecified atom stereocenters. The first-order valence-electron chi connectivity index (χ1n) is 5.89. The van der Waals surface area contributed by atoms with Crippen molar-refractivity contribution in [2.24, 2.45) is 11.8 Å². The zero-order chi connectivity index (χ0) is 11.0. The van der Waals surface area contributed by atoms with Crippen molar-refractivity contribution in [3.63, 3.8) is 0 Å². The van der Waals surface area contributed by atoms with E-state index in [2.05, 4.69) is 5.32 Å². The zero-order valence-corrected chi connectivity index (χ0v) is 10.5. The second-order valence-electron chi connectivity index (χ2n) is 4.75. The van der Waals surface area contributed by atoms with E-state index in [-0.39, 0.29) is 18.3 Å². The fourth-order valence-corrected chi connectivity index (χ4v) is 2.78. The molecule has 0 radical (unpaired) electrons. The van der Waals surface area contributed by atoms with Crippen molar-refractivity contribution in [2.75, 3.05) is 26.2 Å². The molecule has 3 rings (SSSR count). The molecule has 92 valence electrons. The Bertz CT molecular complexity index is 384. The average Bonchev–Trinajstić information content (AvgIpc) is 2.89. The maximum absolute atomic E-state index is 12.2. The van der Waals surface area contributed by atoms with Crippen LogP contribution in [0.25, 0.3) is 0 Å². The van der Waals surface area contributed by atoms with Gasteiger partial charge in [0.15, 0.2) is 0 Å². The first-order valence-corrected chi connectivity index (χ1v) is 5.89. The van der Waals surface area contributed by atoms with Gasteiger partial charge >= 0.3 is 0 Å². The van der Waals surface area contributed by atoms with Gasteiger partial charge in [0.1, 0.15) is 0 Å². The third-order valence-corrected chi connectivity index (χ3v) is 3.70. The van der Waals surface area contributed by atoms with Gasteiger partial charge < -0.3 is 10.2 Å². The molecule has 1 aromatic carbocycles. The van der Waals surface area contributed by atoms with Crippen LogP contribution in [0.1, 0.15) is 10.4 Å². The number of carbonyl (C=O) groups is 1. The largest absolute Gasteiger partial charge is 0.338 e. The van der Waals surface area contributed by atoms with Crippen LogP contribution in [0.4, 0.5) is 0 Å². The topological polar surface area (TPSA) is 32.3 Å². The minimum absolute atomic E-state index is 0. The molecule has 2 atom stereocenters. The van der Waals surface area contributed by atoms with Gasteiger partial charge in [-0.3, -0.25) is 4.79 Å². The molecule has 1 N–H and O–H groups in total. The van der Waals surface area contributed by atoms with E-state index in [4.69, 9.17) is 0 Å². The molecule has 0 saturated carbocycles. The maximum atomic E-state index is 12.2. The number of benzene rings is 1. The number of amides is 1. The molecule has 0 spiro atoms. The molecule has 3 nitrogen and oxygen atoms in total. The highest BCUT2D eigenvalue weighted by Gasteiger charge is 2.38. The Morgan fingerprint density at radius 2 is 1.71 bits per heavy atom. The first-order chi connectivity index (χ1) is 7.84. The molecule has 0 bridgehead atoms. The van der Waals surface area contributed by atoms with Crippen molar-refractivity contribution in [2.45, 2.75) is 0 Å². The molecule has 2 aliphatic rings. The minimum atomic E-state index is 0. The Balaban J connectivity index is 0.00000108. The number of nitrogens with zero attached hydrogens (tertiary/aromatic N) is 1. The molecule has 0 aliphatic carbocycles. The van der Waals surface area contributed by atoms with E-state index < -0.39 is 0 Å². The quantitative estimate of drug-likeness (QED) is 0.820. The summed E-state index contributed by atoms with van der Waals surface area (Å²) < 4.78 is 0. The molecule has 17 heavy (non-hydrogen) atoms. The molecule has 2 fully saturated rings. The van der Waals surface area contributed by atoms with Gasteiger partial charge in [-0.05, 0) is 24.0 Å². The summed E-state index contributed by atoms with van der Waals surface area (Å²) in [7, 11) is 0. The van der Waals surface area contributed by atoms with Crippen molar-refractivity contribution in [3.8, 4) is 0 Å². The SMILES string of the molecule is Cl.O=C(c1ccccc1)N1CC2CNCC2C1. The second-order valence-corrected chi connectivity index (χ2v) is 4.75. The fraction of sp³-hybridized carbons (Fsp3) is 0.462. The third kappa shape index (κ3) is 2.31. The summed E-state index contributed by atoms with van der Waals surface area (Å²) in [6.07, 6.45) is 0. The number of fused-ring (bicyclic) bond motifs is 1. The summed E-state index contributed by atoms with van der Waals surface area (Å²) in [5, 5.41) is 3.39. The predicted octanol–water partition coefficient (Wildman–Crippen LogP) is 1.40. The predicted molar refractivity (Wildman–Crippen MR) is 69.4 cm³/mol. The van der Waals surface area contributed by atoms with Crippen LogP contribution in [0.5, 0.6) is 0 Å². The lowest BCUT2D eigenvalue weighted by Gasteiger charge is -2.17. The number of rotatable bonds is 1. The highest BCUT2D eigenvalue weighted by Crippen LogP contribution is 2.27. The van der Waals surface area contributed by atoms with Crippen LogP contribution >= 0.6 is 12.4 Å². The van der Waals surface area contributed by atoms with E-state index in [1.165, 1.54) is 0 Å². The van der Waals surface area contributed by atoms with Gasteiger partial charge in [-0.2, -0.15) is 0 Å². The smallest absolute Gasteiger partial charge is 0.253 e. The van der Waals surface area contributed by atoms with Crippen LogP contribution in [0.2, 0.25) is 0 Å². The van der Waals surface area contributed by atoms with Gasteiger partial charge in [0.05, 0.1) is 0 Å². The fourth-order valence-electron chi connectivity index (χ4n) is 2.78. The molecular weight excluding hydrogens is 236 g/mol. The van der Waals surface area contributed by atoms with Crippen LogP contribution in [0.15, 0.2) is 30.3 Å². The Hall–Kier alpha value is -1.06.